The van der Waals surface area contributed by atoms with Crippen LogP contribution in [0.5, 0.6) is 5.75 Å². The van der Waals surface area contributed by atoms with E-state index in [1.165, 1.54) is 25.1 Å². The summed E-state index contributed by atoms with van der Waals surface area (Å²) in [7, 11) is 0. The average molecular weight is 393 g/mol. The Labute approximate surface area is 174 Å². The number of allylic oxidation sites excluding steroid dienone is 1. The summed E-state index contributed by atoms with van der Waals surface area (Å²) in [4.78, 5) is 17.4. The highest BCUT2D eigenvalue weighted by Gasteiger charge is 2.16. The van der Waals surface area contributed by atoms with E-state index in [0.717, 1.165) is 43.1 Å². The van der Waals surface area contributed by atoms with Gasteiger partial charge in [0.15, 0.2) is 5.78 Å². The van der Waals surface area contributed by atoms with Gasteiger partial charge in [0, 0.05) is 37.4 Å². The van der Waals surface area contributed by atoms with E-state index < -0.39 is 0 Å². The topological polar surface area (TPSA) is 32.8 Å². The number of ketones is 1. The molecule has 0 radical (unpaired) electrons. The summed E-state index contributed by atoms with van der Waals surface area (Å²) in [6.45, 7) is 10.4. The Morgan fingerprint density at radius 3 is 2.28 bits per heavy atom. The van der Waals surface area contributed by atoms with Gasteiger partial charge in [0.25, 0.3) is 0 Å². The molecule has 154 valence electrons. The fourth-order valence-corrected chi connectivity index (χ4v) is 3.56. The molecule has 1 aliphatic heterocycles. The maximum absolute atomic E-state index is 12.5. The number of anilines is 1. The van der Waals surface area contributed by atoms with Gasteiger partial charge in [0.2, 0.25) is 0 Å². The van der Waals surface area contributed by atoms with Crippen molar-refractivity contribution in [2.75, 3.05) is 44.2 Å². The van der Waals surface area contributed by atoms with E-state index in [1.54, 1.807) is 6.08 Å². The van der Waals surface area contributed by atoms with Gasteiger partial charge >= 0.3 is 0 Å². The molecule has 0 atom stereocenters. The predicted molar refractivity (Wildman–Crippen MR) is 121 cm³/mol. The van der Waals surface area contributed by atoms with E-state index in [0.29, 0.717) is 6.61 Å². The lowest BCUT2D eigenvalue weighted by Crippen LogP contribution is -2.46. The molecule has 0 bridgehead atoms. The molecule has 4 nitrogen and oxygen atoms in total. The smallest absolute Gasteiger partial charge is 0.185 e. The van der Waals surface area contributed by atoms with Gasteiger partial charge in [-0.3, -0.25) is 9.69 Å². The summed E-state index contributed by atoms with van der Waals surface area (Å²) in [6, 6.07) is 15.8. The SMILES string of the molecule is CCCCN1CCN(c2ccc(C(=O)/C=C/c3ccc(OCC)cc3)cc2)CC1. The zero-order valence-corrected chi connectivity index (χ0v) is 17.6. The number of unbranched alkanes of at least 4 members (excludes halogenated alkanes) is 1. The quantitative estimate of drug-likeness (QED) is 0.449. The zero-order valence-electron chi connectivity index (χ0n) is 17.6. The third kappa shape index (κ3) is 6.20. The molecule has 3 rings (SSSR count). The van der Waals surface area contributed by atoms with Crippen molar-refractivity contribution in [3.8, 4) is 5.75 Å². The molecule has 0 aromatic heterocycles. The lowest BCUT2D eigenvalue weighted by Gasteiger charge is -2.36. The van der Waals surface area contributed by atoms with Crippen LogP contribution in [0.2, 0.25) is 0 Å². The van der Waals surface area contributed by atoms with Crippen LogP contribution in [0.25, 0.3) is 6.08 Å². The molecule has 1 heterocycles. The van der Waals surface area contributed by atoms with Crippen molar-refractivity contribution < 1.29 is 9.53 Å². The van der Waals surface area contributed by atoms with Gasteiger partial charge in [-0.1, -0.05) is 31.6 Å². The van der Waals surface area contributed by atoms with Crippen LogP contribution in [0.15, 0.2) is 54.6 Å². The predicted octanol–water partition coefficient (Wildman–Crippen LogP) is 4.90. The van der Waals surface area contributed by atoms with Crippen molar-refractivity contribution in [1.29, 1.82) is 0 Å². The van der Waals surface area contributed by atoms with Crippen LogP contribution >= 0.6 is 0 Å². The van der Waals surface area contributed by atoms with Gasteiger partial charge in [-0.2, -0.15) is 0 Å². The number of hydrogen-bond donors (Lipinski definition) is 0. The maximum atomic E-state index is 12.5. The summed E-state index contributed by atoms with van der Waals surface area (Å²) in [6.07, 6.45) is 6.02. The van der Waals surface area contributed by atoms with Gasteiger partial charge in [-0.15, -0.1) is 0 Å². The summed E-state index contributed by atoms with van der Waals surface area (Å²) >= 11 is 0. The first-order valence-corrected chi connectivity index (χ1v) is 10.7. The lowest BCUT2D eigenvalue weighted by molar-refractivity contribution is 0.104. The van der Waals surface area contributed by atoms with E-state index >= 15 is 0 Å². The summed E-state index contributed by atoms with van der Waals surface area (Å²) in [5, 5.41) is 0. The molecule has 2 aromatic rings. The molecule has 0 N–H and O–H groups in total. The Morgan fingerprint density at radius 1 is 0.966 bits per heavy atom. The van der Waals surface area contributed by atoms with Gasteiger partial charge < -0.3 is 9.64 Å². The molecule has 29 heavy (non-hydrogen) atoms. The first-order chi connectivity index (χ1) is 14.2. The number of benzene rings is 2. The minimum Gasteiger partial charge on any atom is -0.494 e. The molecule has 0 amide bonds. The van der Waals surface area contributed by atoms with Crippen LogP contribution in [0.4, 0.5) is 5.69 Å². The third-order valence-corrected chi connectivity index (χ3v) is 5.34. The van der Waals surface area contributed by atoms with E-state index in [-0.39, 0.29) is 5.78 Å². The highest BCUT2D eigenvalue weighted by atomic mass is 16.5. The van der Waals surface area contributed by atoms with E-state index in [9.17, 15) is 4.79 Å². The van der Waals surface area contributed by atoms with Crippen molar-refractivity contribution >= 4 is 17.5 Å². The molecular formula is C25H32N2O2. The monoisotopic (exact) mass is 392 g/mol. The Kier molecular flexibility index (Phi) is 7.88. The first kappa shape index (κ1) is 21.1. The Hall–Kier alpha value is -2.59. The molecule has 0 spiro atoms. The molecule has 1 fully saturated rings. The van der Waals surface area contributed by atoms with Gasteiger partial charge in [-0.25, -0.2) is 0 Å². The van der Waals surface area contributed by atoms with Gasteiger partial charge in [0.05, 0.1) is 6.61 Å². The second-order valence-corrected chi connectivity index (χ2v) is 7.43. The highest BCUT2D eigenvalue weighted by Crippen LogP contribution is 2.19. The number of ether oxygens (including phenoxy) is 1. The van der Waals surface area contributed by atoms with Crippen LogP contribution in [0.1, 0.15) is 42.6 Å². The number of nitrogens with zero attached hydrogens (tertiary/aromatic N) is 2. The van der Waals surface area contributed by atoms with Crippen LogP contribution in [0.3, 0.4) is 0 Å². The molecule has 4 heteroatoms. The number of carbonyl (C=O) groups excluding carboxylic acids is 1. The number of carbonyl (C=O) groups is 1. The third-order valence-electron chi connectivity index (χ3n) is 5.34. The number of rotatable bonds is 9. The molecule has 0 aliphatic carbocycles. The second kappa shape index (κ2) is 10.8. The van der Waals surface area contributed by atoms with Crippen LogP contribution < -0.4 is 9.64 Å². The minimum absolute atomic E-state index is 0.0230. The van der Waals surface area contributed by atoms with Crippen molar-refractivity contribution in [1.82, 2.24) is 4.90 Å². The fraction of sp³-hybridized carbons (Fsp3) is 0.400. The number of piperazine rings is 1. The summed E-state index contributed by atoms with van der Waals surface area (Å²) in [5.74, 6) is 0.868. The van der Waals surface area contributed by atoms with E-state index in [2.05, 4.69) is 28.9 Å². The number of hydrogen-bond acceptors (Lipinski definition) is 4. The van der Waals surface area contributed by atoms with Crippen LogP contribution in [-0.2, 0) is 0 Å². The van der Waals surface area contributed by atoms with Gasteiger partial charge in [-0.05, 0) is 67.9 Å². The second-order valence-electron chi connectivity index (χ2n) is 7.43. The molecule has 0 unspecified atom stereocenters. The standard InChI is InChI=1S/C25H32N2O2/c1-3-5-16-26-17-19-27(20-18-26)23-11-9-22(10-12-23)25(28)15-8-21-6-13-24(14-7-21)29-4-2/h6-15H,3-5,16-20H2,1-2H3/b15-8+. The highest BCUT2D eigenvalue weighted by molar-refractivity contribution is 6.07. The molecular weight excluding hydrogens is 360 g/mol. The largest absolute Gasteiger partial charge is 0.494 e. The summed E-state index contributed by atoms with van der Waals surface area (Å²) < 4.78 is 5.44. The van der Waals surface area contributed by atoms with E-state index in [1.807, 2.05) is 49.4 Å². The zero-order chi connectivity index (χ0) is 20.5. The average Bonchev–Trinajstić information content (AvgIpc) is 2.78. The molecule has 0 saturated carbocycles. The van der Waals surface area contributed by atoms with Crippen molar-refractivity contribution in [3.05, 3.63) is 65.7 Å². The summed E-state index contributed by atoms with van der Waals surface area (Å²) in [5.41, 5.74) is 2.91. The van der Waals surface area contributed by atoms with Crippen molar-refractivity contribution in [2.24, 2.45) is 0 Å². The fourth-order valence-electron chi connectivity index (χ4n) is 3.56. The van der Waals surface area contributed by atoms with Crippen LogP contribution in [-0.4, -0.2) is 50.0 Å². The minimum atomic E-state index is 0.0230. The van der Waals surface area contributed by atoms with E-state index in [4.69, 9.17) is 4.74 Å². The van der Waals surface area contributed by atoms with Crippen LogP contribution in [0, 0.1) is 0 Å². The van der Waals surface area contributed by atoms with Crippen molar-refractivity contribution in [3.63, 3.8) is 0 Å². The first-order valence-electron chi connectivity index (χ1n) is 10.7. The van der Waals surface area contributed by atoms with Crippen molar-refractivity contribution in [2.45, 2.75) is 26.7 Å². The normalized spacial score (nSPS) is 15.0. The molecule has 1 saturated heterocycles. The molecule has 2 aromatic carbocycles. The lowest BCUT2D eigenvalue weighted by atomic mass is 10.1. The Bertz CT molecular complexity index is 789. The van der Waals surface area contributed by atoms with Gasteiger partial charge in [0.1, 0.15) is 5.75 Å². The Balaban J connectivity index is 1.53. The molecule has 1 aliphatic rings. The Morgan fingerprint density at radius 2 is 1.66 bits per heavy atom. The maximum Gasteiger partial charge on any atom is 0.185 e.